The minimum Gasteiger partial charge on any atom is -0.479 e. The van der Waals surface area contributed by atoms with E-state index in [9.17, 15) is 9.59 Å². The van der Waals surface area contributed by atoms with Crippen LogP contribution >= 0.6 is 22.9 Å². The van der Waals surface area contributed by atoms with Crippen LogP contribution in [0.15, 0.2) is 65.4 Å². The Morgan fingerprint density at radius 1 is 1.17 bits per heavy atom. The normalized spacial score (nSPS) is 16.5. The molecule has 0 saturated heterocycles. The van der Waals surface area contributed by atoms with E-state index in [2.05, 4.69) is 5.32 Å². The molecule has 7 heteroatoms. The van der Waals surface area contributed by atoms with E-state index in [1.54, 1.807) is 23.2 Å². The molecular formula is C23H21ClN2O3S. The molecule has 0 fully saturated rings. The lowest BCUT2D eigenvalue weighted by Crippen LogP contribution is -2.46. The zero-order valence-electron chi connectivity index (χ0n) is 16.4. The number of carbonyl (C=O) groups is 2. The summed E-state index contributed by atoms with van der Waals surface area (Å²) >= 11 is 7.59. The van der Waals surface area contributed by atoms with Crippen LogP contribution in [0.25, 0.3) is 0 Å². The Balaban J connectivity index is 1.48. The lowest BCUT2D eigenvalue weighted by atomic mass is 10.0. The van der Waals surface area contributed by atoms with Crippen molar-refractivity contribution in [2.45, 2.75) is 25.5 Å². The number of rotatable bonds is 6. The Bertz CT molecular complexity index is 1040. The summed E-state index contributed by atoms with van der Waals surface area (Å²) < 4.78 is 5.66. The van der Waals surface area contributed by atoms with Crippen molar-refractivity contribution >= 4 is 40.4 Å². The molecule has 0 saturated carbocycles. The van der Waals surface area contributed by atoms with Gasteiger partial charge in [0.25, 0.3) is 5.91 Å². The number of fused-ring (bicyclic) bond motifs is 1. The molecule has 0 bridgehead atoms. The van der Waals surface area contributed by atoms with Crippen LogP contribution in [0.5, 0.6) is 5.75 Å². The molecule has 30 heavy (non-hydrogen) atoms. The van der Waals surface area contributed by atoms with Crippen LogP contribution in [0.4, 0.5) is 5.69 Å². The van der Waals surface area contributed by atoms with Crippen LogP contribution in [0.1, 0.15) is 30.5 Å². The molecule has 2 amide bonds. The van der Waals surface area contributed by atoms with E-state index < -0.39 is 6.10 Å². The highest BCUT2D eigenvalue weighted by Crippen LogP contribution is 2.33. The summed E-state index contributed by atoms with van der Waals surface area (Å²) in [6.45, 7) is 2.00. The van der Waals surface area contributed by atoms with Gasteiger partial charge in [0.1, 0.15) is 5.75 Å². The van der Waals surface area contributed by atoms with E-state index >= 15 is 0 Å². The summed E-state index contributed by atoms with van der Waals surface area (Å²) in [5, 5.41) is 7.74. The minimum atomic E-state index is -0.574. The lowest BCUT2D eigenvalue weighted by Gasteiger charge is -2.33. The van der Waals surface area contributed by atoms with Crippen LogP contribution in [0.2, 0.25) is 5.02 Å². The van der Waals surface area contributed by atoms with Crippen molar-refractivity contribution in [2.24, 2.45) is 0 Å². The first-order chi connectivity index (χ1) is 14.5. The van der Waals surface area contributed by atoms with Gasteiger partial charge in [-0.2, -0.15) is 11.3 Å². The molecule has 5 nitrogen and oxygen atoms in total. The fraction of sp³-hybridized carbons (Fsp3) is 0.217. The summed E-state index contributed by atoms with van der Waals surface area (Å²) in [5.41, 5.74) is 2.66. The molecule has 4 rings (SSSR count). The number of nitrogens with one attached hydrogen (secondary N) is 1. The van der Waals surface area contributed by atoms with Gasteiger partial charge < -0.3 is 15.0 Å². The second kappa shape index (κ2) is 8.90. The van der Waals surface area contributed by atoms with Crippen LogP contribution in [0, 0.1) is 0 Å². The summed E-state index contributed by atoms with van der Waals surface area (Å²) in [5.74, 6) is 0.376. The number of para-hydroxylation sites is 2. The third-order valence-corrected chi connectivity index (χ3v) is 5.97. The van der Waals surface area contributed by atoms with E-state index in [0.717, 1.165) is 11.1 Å². The Labute approximate surface area is 184 Å². The van der Waals surface area contributed by atoms with Crippen LogP contribution in [-0.2, 0) is 9.59 Å². The molecule has 2 unspecified atom stereocenters. The first-order valence-electron chi connectivity index (χ1n) is 9.67. The Hall–Kier alpha value is -2.83. The second-order valence-electron chi connectivity index (χ2n) is 7.08. The van der Waals surface area contributed by atoms with Gasteiger partial charge in [-0.15, -0.1) is 0 Å². The molecule has 1 aliphatic heterocycles. The van der Waals surface area contributed by atoms with Crippen LogP contribution in [0.3, 0.4) is 0 Å². The lowest BCUT2D eigenvalue weighted by molar-refractivity contribution is -0.125. The van der Waals surface area contributed by atoms with Gasteiger partial charge in [0, 0.05) is 18.0 Å². The van der Waals surface area contributed by atoms with Crippen molar-refractivity contribution in [1.82, 2.24) is 5.32 Å². The first kappa shape index (κ1) is 20.4. The van der Waals surface area contributed by atoms with Crippen molar-refractivity contribution in [3.8, 4) is 5.75 Å². The van der Waals surface area contributed by atoms with Crippen molar-refractivity contribution in [2.75, 3.05) is 11.4 Å². The maximum Gasteiger partial charge on any atom is 0.267 e. The Morgan fingerprint density at radius 2 is 1.93 bits per heavy atom. The third kappa shape index (κ3) is 4.35. The number of hydrogen-bond donors (Lipinski definition) is 1. The highest BCUT2D eigenvalue weighted by molar-refractivity contribution is 7.08. The van der Waals surface area contributed by atoms with Crippen molar-refractivity contribution in [3.63, 3.8) is 0 Å². The predicted octanol–water partition coefficient (Wildman–Crippen LogP) is 4.81. The van der Waals surface area contributed by atoms with Gasteiger partial charge in [-0.05, 0) is 59.1 Å². The number of benzene rings is 2. The number of amides is 2. The highest BCUT2D eigenvalue weighted by atomic mass is 35.5. The molecular weight excluding hydrogens is 420 g/mol. The Kier molecular flexibility index (Phi) is 6.06. The molecule has 2 heterocycles. The van der Waals surface area contributed by atoms with E-state index in [1.165, 1.54) is 0 Å². The summed E-state index contributed by atoms with van der Waals surface area (Å²) in [7, 11) is 0. The van der Waals surface area contributed by atoms with Crippen molar-refractivity contribution in [1.29, 1.82) is 0 Å². The third-order valence-electron chi connectivity index (χ3n) is 5.02. The van der Waals surface area contributed by atoms with Gasteiger partial charge in [0.15, 0.2) is 6.10 Å². The maximum absolute atomic E-state index is 12.8. The SMILES string of the molecule is CC1Oc2ccccc2N(CCC(=O)NC(c2ccc(Cl)cc2)c2ccsc2)C1=O. The van der Waals surface area contributed by atoms with Crippen molar-refractivity contribution < 1.29 is 14.3 Å². The second-order valence-corrected chi connectivity index (χ2v) is 8.29. The van der Waals surface area contributed by atoms with Gasteiger partial charge in [0.2, 0.25) is 5.91 Å². The smallest absolute Gasteiger partial charge is 0.267 e. The van der Waals surface area contributed by atoms with Gasteiger partial charge >= 0.3 is 0 Å². The number of nitrogens with zero attached hydrogens (tertiary/aromatic N) is 1. The maximum atomic E-state index is 12.8. The zero-order chi connectivity index (χ0) is 21.1. The zero-order valence-corrected chi connectivity index (χ0v) is 18.0. The average Bonchev–Trinajstić information content (AvgIpc) is 3.28. The predicted molar refractivity (Wildman–Crippen MR) is 119 cm³/mol. The molecule has 0 spiro atoms. The standard InChI is InChI=1S/C23H21ClN2O3S/c1-15-23(28)26(19-4-2-3-5-20(19)29-15)12-10-21(27)25-22(17-11-13-30-14-17)16-6-8-18(24)9-7-16/h2-9,11,13-15,22H,10,12H2,1H3,(H,25,27). The fourth-order valence-corrected chi connectivity index (χ4v) is 4.30. The van der Waals surface area contributed by atoms with Gasteiger partial charge in [-0.1, -0.05) is 35.9 Å². The van der Waals surface area contributed by atoms with Crippen LogP contribution in [-0.4, -0.2) is 24.5 Å². The number of carbonyl (C=O) groups excluding carboxylic acids is 2. The average molecular weight is 441 g/mol. The van der Waals surface area contributed by atoms with E-state index in [-0.39, 0.29) is 30.8 Å². The van der Waals surface area contributed by atoms with E-state index in [1.807, 2.05) is 65.4 Å². The molecule has 1 aromatic heterocycles. The number of halogens is 1. The number of thiophene rings is 1. The number of ether oxygens (including phenoxy) is 1. The van der Waals surface area contributed by atoms with Gasteiger partial charge in [-0.25, -0.2) is 0 Å². The molecule has 3 aromatic rings. The van der Waals surface area contributed by atoms with E-state index in [0.29, 0.717) is 16.5 Å². The van der Waals surface area contributed by atoms with Gasteiger partial charge in [0.05, 0.1) is 11.7 Å². The molecule has 0 aliphatic carbocycles. The molecule has 1 N–H and O–H groups in total. The molecule has 2 atom stereocenters. The molecule has 154 valence electrons. The molecule has 1 aliphatic rings. The molecule has 0 radical (unpaired) electrons. The fourth-order valence-electron chi connectivity index (χ4n) is 3.49. The quantitative estimate of drug-likeness (QED) is 0.598. The first-order valence-corrected chi connectivity index (χ1v) is 11.0. The monoisotopic (exact) mass is 440 g/mol. The van der Waals surface area contributed by atoms with Gasteiger partial charge in [-0.3, -0.25) is 9.59 Å². The van der Waals surface area contributed by atoms with E-state index in [4.69, 9.17) is 16.3 Å². The molecule has 2 aromatic carbocycles. The summed E-state index contributed by atoms with van der Waals surface area (Å²) in [6, 6.07) is 16.6. The highest BCUT2D eigenvalue weighted by Gasteiger charge is 2.31. The number of anilines is 1. The topological polar surface area (TPSA) is 58.6 Å². The Morgan fingerprint density at radius 3 is 2.67 bits per heavy atom. The summed E-state index contributed by atoms with van der Waals surface area (Å²) in [6.07, 6.45) is -0.392. The van der Waals surface area contributed by atoms with Crippen LogP contribution < -0.4 is 15.0 Å². The largest absolute Gasteiger partial charge is 0.479 e. The van der Waals surface area contributed by atoms with Crippen molar-refractivity contribution in [3.05, 3.63) is 81.5 Å². The minimum absolute atomic E-state index is 0.134. The number of hydrogen-bond acceptors (Lipinski definition) is 4. The summed E-state index contributed by atoms with van der Waals surface area (Å²) in [4.78, 5) is 27.1.